The van der Waals surface area contributed by atoms with Crippen LogP contribution in [0.25, 0.3) is 10.6 Å². The minimum atomic E-state index is -3.87. The SMILES string of the molecule is CCOC(=O)c1cccc(NC(=O)CN(C)S(=O)(=O)c2ccc(-c3cocn3)s2)c1. The number of esters is 1. The number of anilines is 1. The highest BCUT2D eigenvalue weighted by atomic mass is 32.2. The maximum Gasteiger partial charge on any atom is 0.338 e. The first-order chi connectivity index (χ1) is 14.3. The Morgan fingerprint density at radius 2 is 2.07 bits per heavy atom. The second-order valence-electron chi connectivity index (χ2n) is 6.10. The largest absolute Gasteiger partial charge is 0.462 e. The summed E-state index contributed by atoms with van der Waals surface area (Å²) in [6.45, 7) is 1.53. The average Bonchev–Trinajstić information content (AvgIpc) is 3.40. The lowest BCUT2D eigenvalue weighted by atomic mass is 10.2. The fraction of sp³-hybridized carbons (Fsp3) is 0.211. The summed E-state index contributed by atoms with van der Waals surface area (Å²) in [5.41, 5.74) is 1.18. The average molecular weight is 450 g/mol. The number of carbonyl (C=O) groups is 2. The lowest BCUT2D eigenvalue weighted by Crippen LogP contribution is -2.34. The Kier molecular flexibility index (Phi) is 6.65. The van der Waals surface area contributed by atoms with Gasteiger partial charge in [-0.15, -0.1) is 11.3 Å². The molecule has 3 aromatic rings. The Balaban J connectivity index is 1.66. The second kappa shape index (κ2) is 9.20. The summed E-state index contributed by atoms with van der Waals surface area (Å²) in [4.78, 5) is 28.8. The molecule has 0 bridgehead atoms. The Bertz CT molecular complexity index is 1140. The minimum absolute atomic E-state index is 0.0834. The van der Waals surface area contributed by atoms with Gasteiger partial charge < -0.3 is 14.5 Å². The Labute approximate surface area is 177 Å². The van der Waals surface area contributed by atoms with E-state index < -0.39 is 28.4 Å². The van der Waals surface area contributed by atoms with Crippen molar-refractivity contribution in [2.24, 2.45) is 0 Å². The summed E-state index contributed by atoms with van der Waals surface area (Å²) in [5.74, 6) is -1.05. The maximum absolute atomic E-state index is 12.8. The van der Waals surface area contributed by atoms with Gasteiger partial charge in [-0.2, -0.15) is 4.31 Å². The van der Waals surface area contributed by atoms with Crippen molar-refractivity contribution in [2.45, 2.75) is 11.1 Å². The molecule has 0 fully saturated rings. The normalized spacial score (nSPS) is 11.4. The number of oxazole rings is 1. The van der Waals surface area contributed by atoms with Gasteiger partial charge in [-0.1, -0.05) is 6.07 Å². The van der Waals surface area contributed by atoms with Crippen LogP contribution in [0.5, 0.6) is 0 Å². The molecule has 0 unspecified atom stereocenters. The van der Waals surface area contributed by atoms with Gasteiger partial charge in [0.15, 0.2) is 6.39 Å². The van der Waals surface area contributed by atoms with E-state index in [4.69, 9.17) is 9.15 Å². The zero-order chi connectivity index (χ0) is 21.7. The monoisotopic (exact) mass is 449 g/mol. The number of carbonyl (C=O) groups excluding carboxylic acids is 2. The van der Waals surface area contributed by atoms with Crippen molar-refractivity contribution in [3.8, 4) is 10.6 Å². The van der Waals surface area contributed by atoms with Crippen molar-refractivity contribution in [1.82, 2.24) is 9.29 Å². The summed E-state index contributed by atoms with van der Waals surface area (Å²) < 4.78 is 36.4. The molecule has 11 heteroatoms. The van der Waals surface area contributed by atoms with E-state index in [0.29, 0.717) is 16.3 Å². The van der Waals surface area contributed by atoms with Crippen LogP contribution in [0.1, 0.15) is 17.3 Å². The molecule has 1 aromatic carbocycles. The highest BCUT2D eigenvalue weighted by Gasteiger charge is 2.25. The molecule has 1 N–H and O–H groups in total. The van der Waals surface area contributed by atoms with Crippen molar-refractivity contribution < 1.29 is 27.2 Å². The van der Waals surface area contributed by atoms with Gasteiger partial charge in [0.05, 0.1) is 23.6 Å². The molecule has 1 amide bonds. The molecule has 9 nitrogen and oxygen atoms in total. The van der Waals surface area contributed by atoms with E-state index in [0.717, 1.165) is 15.6 Å². The van der Waals surface area contributed by atoms with Crippen LogP contribution >= 0.6 is 11.3 Å². The van der Waals surface area contributed by atoms with Crippen molar-refractivity contribution in [1.29, 1.82) is 0 Å². The number of hydrogen-bond donors (Lipinski definition) is 1. The topological polar surface area (TPSA) is 119 Å². The highest BCUT2D eigenvalue weighted by molar-refractivity contribution is 7.91. The molecule has 2 aromatic heterocycles. The van der Waals surface area contributed by atoms with Crippen LogP contribution in [0.15, 0.2) is 57.7 Å². The molecule has 0 aliphatic rings. The highest BCUT2D eigenvalue weighted by Crippen LogP contribution is 2.31. The van der Waals surface area contributed by atoms with Gasteiger partial charge in [0.1, 0.15) is 16.2 Å². The van der Waals surface area contributed by atoms with Gasteiger partial charge in [0.2, 0.25) is 5.91 Å². The van der Waals surface area contributed by atoms with Crippen LogP contribution in [0, 0.1) is 0 Å². The van der Waals surface area contributed by atoms with Crippen LogP contribution in [-0.2, 0) is 19.6 Å². The smallest absolute Gasteiger partial charge is 0.338 e. The van der Waals surface area contributed by atoms with Gasteiger partial charge >= 0.3 is 5.97 Å². The second-order valence-corrected chi connectivity index (χ2v) is 9.46. The number of ether oxygens (including phenoxy) is 1. The van der Waals surface area contributed by atoms with Gasteiger partial charge in [-0.3, -0.25) is 4.79 Å². The third kappa shape index (κ3) is 4.93. The first kappa shape index (κ1) is 21.7. The van der Waals surface area contributed by atoms with Gasteiger partial charge in [-0.25, -0.2) is 18.2 Å². The summed E-state index contributed by atoms with van der Waals surface area (Å²) in [6.07, 6.45) is 2.68. The third-order valence-corrected chi connectivity index (χ3v) is 7.33. The molecule has 0 aliphatic carbocycles. The summed E-state index contributed by atoms with van der Waals surface area (Å²) in [6, 6.07) is 9.31. The van der Waals surface area contributed by atoms with E-state index in [1.807, 2.05) is 0 Å². The number of benzene rings is 1. The number of likely N-dealkylation sites (N-methyl/N-ethyl adjacent to an activating group) is 1. The van der Waals surface area contributed by atoms with E-state index in [2.05, 4.69) is 10.3 Å². The van der Waals surface area contributed by atoms with E-state index in [1.54, 1.807) is 31.2 Å². The van der Waals surface area contributed by atoms with Crippen molar-refractivity contribution in [3.05, 3.63) is 54.6 Å². The van der Waals surface area contributed by atoms with Gasteiger partial charge in [0.25, 0.3) is 10.0 Å². The molecule has 0 saturated heterocycles. The molecule has 2 heterocycles. The van der Waals surface area contributed by atoms with Crippen LogP contribution in [0.3, 0.4) is 0 Å². The van der Waals surface area contributed by atoms with Crippen LogP contribution < -0.4 is 5.32 Å². The lowest BCUT2D eigenvalue weighted by molar-refractivity contribution is -0.116. The number of thiophene rings is 1. The number of rotatable bonds is 8. The molecule has 158 valence electrons. The Hall–Kier alpha value is -3.02. The molecule has 0 saturated carbocycles. The fourth-order valence-electron chi connectivity index (χ4n) is 2.51. The number of amides is 1. The van der Waals surface area contributed by atoms with E-state index in [-0.39, 0.29) is 16.4 Å². The van der Waals surface area contributed by atoms with Gasteiger partial charge in [-0.05, 0) is 37.3 Å². The Morgan fingerprint density at radius 3 is 2.77 bits per heavy atom. The standard InChI is InChI=1S/C19H19N3O6S2/c1-3-28-19(24)13-5-4-6-14(9-13)21-17(23)10-22(2)30(25,26)18-8-7-16(29-18)15-11-27-12-20-15/h4-9,11-12H,3,10H2,1-2H3,(H,21,23). The predicted molar refractivity (Wildman–Crippen MR) is 111 cm³/mol. The molecule has 0 atom stereocenters. The minimum Gasteiger partial charge on any atom is -0.462 e. The summed E-state index contributed by atoms with van der Waals surface area (Å²) >= 11 is 1.03. The predicted octanol–water partition coefficient (Wildman–Crippen LogP) is 2.84. The number of nitrogens with zero attached hydrogens (tertiary/aromatic N) is 2. The molecule has 0 spiro atoms. The van der Waals surface area contributed by atoms with Gasteiger partial charge in [0, 0.05) is 12.7 Å². The van der Waals surface area contributed by atoms with E-state index in [9.17, 15) is 18.0 Å². The first-order valence-electron chi connectivity index (χ1n) is 8.83. The van der Waals surface area contributed by atoms with E-state index in [1.165, 1.54) is 31.8 Å². The first-order valence-corrected chi connectivity index (χ1v) is 11.1. The zero-order valence-corrected chi connectivity index (χ0v) is 17.8. The number of aromatic nitrogens is 1. The summed E-state index contributed by atoms with van der Waals surface area (Å²) in [7, 11) is -2.55. The molecule has 30 heavy (non-hydrogen) atoms. The number of nitrogens with one attached hydrogen (secondary N) is 1. The number of sulfonamides is 1. The van der Waals surface area contributed by atoms with E-state index >= 15 is 0 Å². The van der Waals surface area contributed by atoms with Crippen molar-refractivity contribution in [3.63, 3.8) is 0 Å². The third-order valence-electron chi connectivity index (χ3n) is 3.95. The summed E-state index contributed by atoms with van der Waals surface area (Å²) in [5, 5.41) is 2.59. The van der Waals surface area contributed by atoms with Crippen molar-refractivity contribution >= 4 is 38.9 Å². The molecule has 0 radical (unpaired) electrons. The zero-order valence-electron chi connectivity index (χ0n) is 16.2. The molecule has 0 aliphatic heterocycles. The number of hydrogen-bond acceptors (Lipinski definition) is 8. The van der Waals surface area contributed by atoms with Crippen LogP contribution in [-0.4, -0.2) is 49.8 Å². The lowest BCUT2D eigenvalue weighted by Gasteiger charge is -2.16. The van der Waals surface area contributed by atoms with Crippen LogP contribution in [0.4, 0.5) is 5.69 Å². The Morgan fingerprint density at radius 1 is 1.27 bits per heavy atom. The maximum atomic E-state index is 12.8. The molecular formula is C19H19N3O6S2. The fourth-order valence-corrected chi connectivity index (χ4v) is 5.11. The molecule has 3 rings (SSSR count). The van der Waals surface area contributed by atoms with Crippen LogP contribution in [0.2, 0.25) is 0 Å². The molecular weight excluding hydrogens is 430 g/mol. The quantitative estimate of drug-likeness (QED) is 0.525. The van der Waals surface area contributed by atoms with Crippen molar-refractivity contribution in [2.75, 3.05) is 25.5 Å².